The van der Waals surface area contributed by atoms with Crippen molar-refractivity contribution in [2.45, 2.75) is 137 Å². The zero-order chi connectivity index (χ0) is 32.3. The molecule has 3 rings (SSSR count). The van der Waals surface area contributed by atoms with Gasteiger partial charge in [0.05, 0.1) is 22.8 Å². The summed E-state index contributed by atoms with van der Waals surface area (Å²) in [6.45, 7) is 20.5. The van der Waals surface area contributed by atoms with Gasteiger partial charge in [-0.3, -0.25) is 9.98 Å². The quantitative estimate of drug-likeness (QED) is 0.153. The molecule has 2 nitrogen and oxygen atoms in total. The summed E-state index contributed by atoms with van der Waals surface area (Å²) < 4.78 is 0. The van der Waals surface area contributed by atoms with Crippen LogP contribution in [-0.2, 0) is 15.5 Å². The number of benzene rings is 2. The maximum atomic E-state index is 5.50. The van der Waals surface area contributed by atoms with Crippen molar-refractivity contribution in [1.29, 1.82) is 0 Å². The van der Waals surface area contributed by atoms with Crippen LogP contribution < -0.4 is 0 Å². The number of para-hydroxylation sites is 2. The van der Waals surface area contributed by atoms with Crippen molar-refractivity contribution < 1.29 is 15.5 Å². The van der Waals surface area contributed by atoms with Crippen molar-refractivity contribution in [1.82, 2.24) is 0 Å². The summed E-state index contributed by atoms with van der Waals surface area (Å²) in [7, 11) is 20.1. The number of halogens is 4. The van der Waals surface area contributed by atoms with Crippen LogP contribution in [0.1, 0.15) is 160 Å². The van der Waals surface area contributed by atoms with E-state index < -0.39 is 15.5 Å². The monoisotopic (exact) mass is 744 g/mol. The van der Waals surface area contributed by atoms with Crippen molar-refractivity contribution in [3.63, 3.8) is 0 Å². The van der Waals surface area contributed by atoms with Crippen LogP contribution in [0.5, 0.6) is 0 Å². The molecule has 0 spiro atoms. The van der Waals surface area contributed by atoms with Crippen LogP contribution in [0.2, 0.25) is 0 Å². The Morgan fingerprint density at radius 3 is 1.42 bits per heavy atom. The number of nitrogens with zero attached hydrogens (tertiary/aromatic N) is 2. The molecule has 0 amide bonds. The molecule has 0 radical (unpaired) electrons. The van der Waals surface area contributed by atoms with Crippen LogP contribution in [0.4, 0.5) is 11.4 Å². The summed E-state index contributed by atoms with van der Waals surface area (Å²) in [4.78, 5) is 10.9. The number of hydrogen-bond donors (Lipinski definition) is 0. The third-order valence-corrected chi connectivity index (χ3v) is 8.38. The van der Waals surface area contributed by atoms with Crippen LogP contribution in [0, 0.1) is 5.92 Å². The van der Waals surface area contributed by atoms with Gasteiger partial charge >= 0.3 is 49.5 Å². The molecule has 240 valence electrons. The van der Waals surface area contributed by atoms with E-state index in [0.717, 1.165) is 23.7 Å². The van der Waals surface area contributed by atoms with Gasteiger partial charge in [0.2, 0.25) is 0 Å². The van der Waals surface area contributed by atoms with Crippen molar-refractivity contribution in [2.24, 2.45) is 15.9 Å². The van der Waals surface area contributed by atoms with Crippen molar-refractivity contribution in [3.05, 3.63) is 58.7 Å². The van der Waals surface area contributed by atoms with Gasteiger partial charge in [0.25, 0.3) is 0 Å². The Kier molecular flexibility index (Phi) is 17.1. The molecule has 43 heavy (non-hydrogen) atoms. The summed E-state index contributed by atoms with van der Waals surface area (Å²) in [6, 6.07) is 13.5. The summed E-state index contributed by atoms with van der Waals surface area (Å²) in [5.74, 6) is 2.68. The molecule has 2 aromatic rings. The van der Waals surface area contributed by atoms with Crippen molar-refractivity contribution in [2.75, 3.05) is 0 Å². The fourth-order valence-corrected chi connectivity index (χ4v) is 5.99. The van der Waals surface area contributed by atoms with E-state index in [1.807, 2.05) is 0 Å². The van der Waals surface area contributed by atoms with Gasteiger partial charge in [-0.25, -0.2) is 0 Å². The zero-order valence-corrected chi connectivity index (χ0v) is 33.4. The third-order valence-electron chi connectivity index (χ3n) is 8.38. The van der Waals surface area contributed by atoms with Gasteiger partial charge in [0, 0.05) is 0 Å². The predicted octanol–water partition coefficient (Wildman–Crippen LogP) is 14.6. The van der Waals surface area contributed by atoms with E-state index in [1.165, 1.54) is 78.6 Å². The van der Waals surface area contributed by atoms with Crippen LogP contribution in [0.25, 0.3) is 0 Å². The van der Waals surface area contributed by atoms with E-state index >= 15 is 0 Å². The van der Waals surface area contributed by atoms with Crippen LogP contribution in [0.15, 0.2) is 46.4 Å². The van der Waals surface area contributed by atoms with E-state index in [1.54, 1.807) is 0 Å². The molecular formula is C36H54Cl4N2Zr. The van der Waals surface area contributed by atoms with Crippen molar-refractivity contribution >= 4 is 56.8 Å². The molecule has 0 heterocycles. The van der Waals surface area contributed by atoms with Crippen LogP contribution >= 0.6 is 34.1 Å². The Labute approximate surface area is 282 Å². The molecule has 0 saturated heterocycles. The van der Waals surface area contributed by atoms with Gasteiger partial charge < -0.3 is 0 Å². The van der Waals surface area contributed by atoms with Gasteiger partial charge in [-0.05, 0) is 71.6 Å². The van der Waals surface area contributed by atoms with Gasteiger partial charge in [-0.1, -0.05) is 130 Å². The minimum atomic E-state index is -3.29. The molecule has 1 aliphatic carbocycles. The van der Waals surface area contributed by atoms with E-state index in [-0.39, 0.29) is 0 Å². The first kappa shape index (κ1) is 39.0. The molecule has 2 aromatic carbocycles. The Morgan fingerprint density at radius 2 is 1.05 bits per heavy atom. The van der Waals surface area contributed by atoms with Crippen LogP contribution in [-0.4, -0.2) is 11.4 Å². The van der Waals surface area contributed by atoms with Crippen LogP contribution in [0.3, 0.4) is 0 Å². The van der Waals surface area contributed by atoms with E-state index in [9.17, 15) is 0 Å². The van der Waals surface area contributed by atoms with Gasteiger partial charge in [0.15, 0.2) is 0 Å². The summed E-state index contributed by atoms with van der Waals surface area (Å²) in [5, 5.41) is 0. The molecule has 0 N–H and O–H groups in total. The fourth-order valence-electron chi connectivity index (χ4n) is 5.99. The molecule has 0 atom stereocenters. The second-order valence-electron chi connectivity index (χ2n) is 13.3. The molecule has 1 saturated carbocycles. The standard InChI is InChI=1S/C36H54N2.4ClH.Zr/c1-24(2)30-19-14-20-31(25(3)4)35(30)37-28(9)34(23-13-12-18-29-16-10-11-17-29)38-36-32(26(5)6)21-15-22-33(36)27(7)8;;;;;/h14-15,19-22,24-27,29H,10-13,16-18,23H2,1-9H3;4*1H;/q;;;;;+4/p-4. The molecule has 0 bridgehead atoms. The Hall–Kier alpha value is -0.177. The number of hydrogen-bond acceptors (Lipinski definition) is 2. The summed E-state index contributed by atoms with van der Waals surface area (Å²) in [6.07, 6.45) is 10.6. The van der Waals surface area contributed by atoms with Crippen molar-refractivity contribution in [3.8, 4) is 0 Å². The molecule has 1 aliphatic rings. The normalized spacial score (nSPS) is 15.2. The summed E-state index contributed by atoms with van der Waals surface area (Å²) in [5.41, 5.74) is 9.95. The third kappa shape index (κ3) is 13.6. The van der Waals surface area contributed by atoms with E-state index in [2.05, 4.69) is 98.7 Å². The minimum absolute atomic E-state index is 0.432. The average Bonchev–Trinajstić information content (AvgIpc) is 3.42. The molecular weight excluding hydrogens is 693 g/mol. The Morgan fingerprint density at radius 1 is 0.674 bits per heavy atom. The van der Waals surface area contributed by atoms with Gasteiger partial charge in [-0.2, -0.15) is 0 Å². The average molecular weight is 748 g/mol. The predicted molar refractivity (Wildman–Crippen MR) is 193 cm³/mol. The van der Waals surface area contributed by atoms with Gasteiger partial charge in [0.1, 0.15) is 0 Å². The zero-order valence-electron chi connectivity index (χ0n) is 27.9. The number of unbranched alkanes of at least 4 members (excludes halogenated alkanes) is 1. The summed E-state index contributed by atoms with van der Waals surface area (Å²) >= 11 is -3.29. The maximum absolute atomic E-state index is 5.50. The molecule has 0 aliphatic heterocycles. The Balaban J connectivity index is 0.00000119. The molecule has 0 aromatic heterocycles. The number of rotatable bonds is 12. The van der Waals surface area contributed by atoms with E-state index in [4.69, 9.17) is 44.0 Å². The van der Waals surface area contributed by atoms with Gasteiger partial charge in [-0.15, -0.1) is 0 Å². The number of aliphatic imine (C=N–C) groups is 2. The second-order valence-corrected chi connectivity index (χ2v) is 35.7. The van der Waals surface area contributed by atoms with E-state index in [0.29, 0.717) is 23.7 Å². The Bertz CT molecular complexity index is 1150. The second kappa shape index (κ2) is 18.8. The molecule has 7 heteroatoms. The molecule has 0 unspecified atom stereocenters. The fraction of sp³-hybridized carbons (Fsp3) is 0.611. The first-order valence-corrected chi connectivity index (χ1v) is 28.9. The first-order valence-electron chi connectivity index (χ1n) is 16.2. The first-order chi connectivity index (χ1) is 20.1. The SMILES string of the molecule is CC(=Nc1c(C(C)C)cccc1C(C)C)C(CCCCC1CCCC1)=Nc1c(C(C)C)cccc1C(C)C.[Cl][Zr]([Cl])([Cl])[Cl]. The topological polar surface area (TPSA) is 24.7 Å². The molecule has 1 fully saturated rings.